The van der Waals surface area contributed by atoms with Gasteiger partial charge in [0, 0.05) is 49.2 Å². The SMILES string of the molecule is CCC1(c2cc(N3CCN(C)CC3)c3ccccc3c2)OCCO1. The first-order valence-corrected chi connectivity index (χ1v) is 8.96. The van der Waals surface area contributed by atoms with Crippen LogP contribution in [0.5, 0.6) is 0 Å². The zero-order chi connectivity index (χ0) is 16.6. The Morgan fingerprint density at radius 3 is 2.42 bits per heavy atom. The Labute approximate surface area is 143 Å². The van der Waals surface area contributed by atoms with Crippen molar-refractivity contribution in [1.82, 2.24) is 4.90 Å². The third-order valence-corrected chi connectivity index (χ3v) is 5.34. The fourth-order valence-corrected chi connectivity index (χ4v) is 3.85. The first-order chi connectivity index (χ1) is 11.7. The lowest BCUT2D eigenvalue weighted by molar-refractivity contribution is -0.167. The van der Waals surface area contributed by atoms with Crippen LogP contribution in [0.25, 0.3) is 10.8 Å². The topological polar surface area (TPSA) is 24.9 Å². The maximum atomic E-state index is 6.04. The number of piperazine rings is 1. The van der Waals surface area contributed by atoms with Gasteiger partial charge in [-0.15, -0.1) is 0 Å². The number of rotatable bonds is 3. The van der Waals surface area contributed by atoms with E-state index in [4.69, 9.17) is 9.47 Å². The molecule has 0 unspecified atom stereocenters. The summed E-state index contributed by atoms with van der Waals surface area (Å²) in [5.41, 5.74) is 2.46. The monoisotopic (exact) mass is 326 g/mol. The molecule has 2 fully saturated rings. The van der Waals surface area contributed by atoms with Crippen molar-refractivity contribution < 1.29 is 9.47 Å². The number of hydrogen-bond donors (Lipinski definition) is 0. The van der Waals surface area contributed by atoms with Crippen molar-refractivity contribution >= 4 is 16.5 Å². The van der Waals surface area contributed by atoms with Gasteiger partial charge in [0.1, 0.15) is 0 Å². The Hall–Kier alpha value is -1.62. The highest BCUT2D eigenvalue weighted by Gasteiger charge is 2.37. The molecule has 2 saturated heterocycles. The molecule has 128 valence electrons. The summed E-state index contributed by atoms with van der Waals surface area (Å²) in [6.45, 7) is 7.80. The number of likely N-dealkylation sites (N-methyl/N-ethyl adjacent to an activating group) is 1. The summed E-state index contributed by atoms with van der Waals surface area (Å²) in [5.74, 6) is -0.578. The molecule has 0 amide bonds. The minimum atomic E-state index is -0.578. The number of anilines is 1. The molecule has 4 nitrogen and oxygen atoms in total. The fourth-order valence-electron chi connectivity index (χ4n) is 3.85. The maximum absolute atomic E-state index is 6.04. The van der Waals surface area contributed by atoms with Crippen molar-refractivity contribution in [1.29, 1.82) is 0 Å². The van der Waals surface area contributed by atoms with Crippen LogP contribution in [0.2, 0.25) is 0 Å². The van der Waals surface area contributed by atoms with Crippen molar-refractivity contribution in [2.45, 2.75) is 19.1 Å². The Morgan fingerprint density at radius 1 is 1.00 bits per heavy atom. The van der Waals surface area contributed by atoms with Gasteiger partial charge in [0.25, 0.3) is 0 Å². The molecule has 0 radical (unpaired) electrons. The number of fused-ring (bicyclic) bond motifs is 1. The van der Waals surface area contributed by atoms with E-state index >= 15 is 0 Å². The van der Waals surface area contributed by atoms with E-state index in [0.29, 0.717) is 13.2 Å². The number of nitrogens with zero attached hydrogens (tertiary/aromatic N) is 2. The van der Waals surface area contributed by atoms with E-state index in [2.05, 4.69) is 60.2 Å². The summed E-state index contributed by atoms with van der Waals surface area (Å²) < 4.78 is 12.1. The molecule has 2 heterocycles. The first kappa shape index (κ1) is 15.9. The van der Waals surface area contributed by atoms with Crippen molar-refractivity contribution in [3.8, 4) is 0 Å². The number of benzene rings is 2. The summed E-state index contributed by atoms with van der Waals surface area (Å²) in [4.78, 5) is 4.89. The average Bonchev–Trinajstić information content (AvgIpc) is 3.12. The highest BCUT2D eigenvalue weighted by molar-refractivity contribution is 5.95. The van der Waals surface area contributed by atoms with Crippen LogP contribution < -0.4 is 4.90 Å². The lowest BCUT2D eigenvalue weighted by Crippen LogP contribution is -2.44. The summed E-state index contributed by atoms with van der Waals surface area (Å²) in [6, 6.07) is 13.2. The summed E-state index contributed by atoms with van der Waals surface area (Å²) >= 11 is 0. The van der Waals surface area contributed by atoms with E-state index in [9.17, 15) is 0 Å². The highest BCUT2D eigenvalue weighted by Crippen LogP contribution is 2.39. The van der Waals surface area contributed by atoms with E-state index in [-0.39, 0.29) is 0 Å². The van der Waals surface area contributed by atoms with E-state index in [1.165, 1.54) is 16.5 Å². The normalized spacial score (nSPS) is 21.5. The summed E-state index contributed by atoms with van der Waals surface area (Å²) in [5, 5.41) is 2.57. The second kappa shape index (κ2) is 6.36. The van der Waals surface area contributed by atoms with Gasteiger partial charge in [0.15, 0.2) is 5.79 Å². The quantitative estimate of drug-likeness (QED) is 0.865. The average molecular weight is 326 g/mol. The lowest BCUT2D eigenvalue weighted by atomic mass is 9.97. The van der Waals surface area contributed by atoms with Gasteiger partial charge in [0.2, 0.25) is 0 Å². The second-order valence-corrected chi connectivity index (χ2v) is 6.81. The lowest BCUT2D eigenvalue weighted by Gasteiger charge is -2.36. The van der Waals surface area contributed by atoms with E-state index < -0.39 is 5.79 Å². The van der Waals surface area contributed by atoms with Crippen LogP contribution in [0.1, 0.15) is 18.9 Å². The van der Waals surface area contributed by atoms with Crippen LogP contribution in [0.15, 0.2) is 36.4 Å². The molecule has 4 heteroatoms. The fraction of sp³-hybridized carbons (Fsp3) is 0.500. The van der Waals surface area contributed by atoms with E-state index in [1.54, 1.807) is 0 Å². The molecule has 2 aromatic carbocycles. The van der Waals surface area contributed by atoms with Crippen molar-refractivity contribution in [2.75, 3.05) is 51.3 Å². The first-order valence-electron chi connectivity index (χ1n) is 8.96. The second-order valence-electron chi connectivity index (χ2n) is 6.81. The molecule has 0 aromatic heterocycles. The molecular weight excluding hydrogens is 300 g/mol. The van der Waals surface area contributed by atoms with Gasteiger partial charge in [-0.3, -0.25) is 0 Å². The minimum absolute atomic E-state index is 0.578. The highest BCUT2D eigenvalue weighted by atomic mass is 16.7. The maximum Gasteiger partial charge on any atom is 0.194 e. The standard InChI is InChI=1S/C20H26N2O2/c1-3-20(23-12-13-24-20)17-14-16-6-4-5-7-18(16)19(15-17)22-10-8-21(2)9-11-22/h4-7,14-15H,3,8-13H2,1-2H3. The van der Waals surface area contributed by atoms with Crippen LogP contribution in [0.4, 0.5) is 5.69 Å². The molecule has 2 aliphatic heterocycles. The molecule has 2 aromatic rings. The van der Waals surface area contributed by atoms with Gasteiger partial charge in [0.05, 0.1) is 13.2 Å². The summed E-state index contributed by atoms with van der Waals surface area (Å²) in [7, 11) is 2.19. The molecule has 0 bridgehead atoms. The van der Waals surface area contributed by atoms with Crippen LogP contribution in [0.3, 0.4) is 0 Å². The van der Waals surface area contributed by atoms with Gasteiger partial charge in [-0.25, -0.2) is 0 Å². The Balaban J connectivity index is 1.82. The van der Waals surface area contributed by atoms with Crippen molar-refractivity contribution in [3.63, 3.8) is 0 Å². The largest absolute Gasteiger partial charge is 0.368 e. The van der Waals surface area contributed by atoms with Gasteiger partial charge in [-0.05, 0) is 24.6 Å². The van der Waals surface area contributed by atoms with Crippen LogP contribution >= 0.6 is 0 Å². The zero-order valence-corrected chi connectivity index (χ0v) is 14.6. The van der Waals surface area contributed by atoms with E-state index in [1.807, 2.05) is 0 Å². The minimum Gasteiger partial charge on any atom is -0.368 e. The van der Waals surface area contributed by atoms with Gasteiger partial charge in [-0.2, -0.15) is 0 Å². The molecule has 0 saturated carbocycles. The molecule has 0 N–H and O–H groups in total. The Morgan fingerprint density at radius 2 is 1.71 bits per heavy atom. The zero-order valence-electron chi connectivity index (χ0n) is 14.6. The molecular formula is C20H26N2O2. The number of hydrogen-bond acceptors (Lipinski definition) is 4. The van der Waals surface area contributed by atoms with Crippen LogP contribution in [-0.2, 0) is 15.3 Å². The molecule has 0 spiro atoms. The Kier molecular flexibility index (Phi) is 4.21. The Bertz CT molecular complexity index is 717. The smallest absolute Gasteiger partial charge is 0.194 e. The molecule has 0 atom stereocenters. The van der Waals surface area contributed by atoms with Crippen molar-refractivity contribution in [2.24, 2.45) is 0 Å². The van der Waals surface area contributed by atoms with Gasteiger partial charge < -0.3 is 19.3 Å². The molecule has 24 heavy (non-hydrogen) atoms. The van der Waals surface area contributed by atoms with Gasteiger partial charge in [-0.1, -0.05) is 31.2 Å². The third kappa shape index (κ3) is 2.69. The summed E-state index contributed by atoms with van der Waals surface area (Å²) in [6.07, 6.45) is 0.827. The van der Waals surface area contributed by atoms with E-state index in [0.717, 1.165) is 38.2 Å². The van der Waals surface area contributed by atoms with Crippen molar-refractivity contribution in [3.05, 3.63) is 42.0 Å². The van der Waals surface area contributed by atoms with Gasteiger partial charge >= 0.3 is 0 Å². The number of ether oxygens (including phenoxy) is 2. The predicted octanol–water partition coefficient (Wildman–Crippen LogP) is 3.20. The van der Waals surface area contributed by atoms with Crippen LogP contribution in [-0.4, -0.2) is 51.3 Å². The molecule has 2 aliphatic rings. The van der Waals surface area contributed by atoms with Crippen LogP contribution in [0, 0.1) is 0 Å². The molecule has 0 aliphatic carbocycles. The molecule has 4 rings (SSSR count). The third-order valence-electron chi connectivity index (χ3n) is 5.34. The predicted molar refractivity (Wildman–Crippen MR) is 97.5 cm³/mol.